The second kappa shape index (κ2) is 4.63. The van der Waals surface area contributed by atoms with Crippen LogP contribution < -0.4 is 11.1 Å². The average Bonchev–Trinajstić information content (AvgIpc) is 2.72. The van der Waals surface area contributed by atoms with E-state index in [9.17, 15) is 4.79 Å². The number of rotatable bonds is 3. The van der Waals surface area contributed by atoms with Crippen molar-refractivity contribution in [2.24, 2.45) is 5.73 Å². The summed E-state index contributed by atoms with van der Waals surface area (Å²) >= 11 is 1.58. The van der Waals surface area contributed by atoms with E-state index in [0.29, 0.717) is 6.54 Å². The highest BCUT2D eigenvalue weighted by Crippen LogP contribution is 2.25. The van der Waals surface area contributed by atoms with Gasteiger partial charge in [-0.2, -0.15) is 0 Å². The van der Waals surface area contributed by atoms with Crippen molar-refractivity contribution in [3.05, 3.63) is 35.2 Å². The van der Waals surface area contributed by atoms with Gasteiger partial charge in [-0.15, -0.1) is 11.3 Å². The molecule has 4 heteroatoms. The lowest BCUT2D eigenvalue weighted by Gasteiger charge is -2.10. The van der Waals surface area contributed by atoms with E-state index < -0.39 is 0 Å². The minimum Gasteiger partial charge on any atom is -0.348 e. The highest BCUT2D eigenvalue weighted by molar-refractivity contribution is 7.17. The maximum absolute atomic E-state index is 11.9. The van der Waals surface area contributed by atoms with E-state index in [1.165, 1.54) is 0 Å². The molecule has 1 aromatic heterocycles. The number of hydrogen-bond acceptors (Lipinski definition) is 3. The van der Waals surface area contributed by atoms with E-state index in [4.69, 9.17) is 5.73 Å². The van der Waals surface area contributed by atoms with Gasteiger partial charge in [-0.3, -0.25) is 4.79 Å². The van der Waals surface area contributed by atoms with Crippen LogP contribution in [0, 0.1) is 0 Å². The first-order valence-corrected chi connectivity index (χ1v) is 6.07. The summed E-state index contributed by atoms with van der Waals surface area (Å²) in [5.41, 5.74) is 6.21. The Morgan fingerprint density at radius 3 is 3.00 bits per heavy atom. The predicted octanol–water partition coefficient (Wildman–Crippen LogP) is 1.98. The molecule has 0 fully saturated rings. The van der Waals surface area contributed by atoms with Crippen LogP contribution in [-0.4, -0.2) is 18.5 Å². The maximum atomic E-state index is 11.9. The smallest absolute Gasteiger partial charge is 0.253 e. The van der Waals surface area contributed by atoms with Gasteiger partial charge in [-0.05, 0) is 13.0 Å². The predicted molar refractivity (Wildman–Crippen MR) is 67.8 cm³/mol. The largest absolute Gasteiger partial charge is 0.348 e. The molecule has 0 aliphatic rings. The van der Waals surface area contributed by atoms with Gasteiger partial charge < -0.3 is 11.1 Å². The Labute approximate surface area is 98.3 Å². The first kappa shape index (κ1) is 11.1. The second-order valence-corrected chi connectivity index (χ2v) is 4.67. The molecular weight excluding hydrogens is 220 g/mol. The van der Waals surface area contributed by atoms with Crippen LogP contribution in [0.3, 0.4) is 0 Å². The molecule has 84 valence electrons. The van der Waals surface area contributed by atoms with Gasteiger partial charge in [0.05, 0.1) is 5.56 Å². The zero-order chi connectivity index (χ0) is 11.5. The number of carbonyl (C=O) groups is 1. The van der Waals surface area contributed by atoms with E-state index >= 15 is 0 Å². The summed E-state index contributed by atoms with van der Waals surface area (Å²) in [5, 5.41) is 5.77. The minimum absolute atomic E-state index is 0.00571. The normalized spacial score (nSPS) is 12.6. The van der Waals surface area contributed by atoms with Gasteiger partial charge in [0.15, 0.2) is 0 Å². The SMILES string of the molecule is C[C@H](CN)NC(=O)c1csc2ccccc12. The van der Waals surface area contributed by atoms with Gasteiger partial charge in [-0.25, -0.2) is 0 Å². The standard InChI is InChI=1S/C12H14N2OS/c1-8(6-13)14-12(15)10-7-16-11-5-3-2-4-9(10)11/h2-5,7-8H,6,13H2,1H3,(H,14,15)/t8-/m1/s1. The van der Waals surface area contributed by atoms with Crippen molar-refractivity contribution in [1.82, 2.24) is 5.32 Å². The molecule has 0 aliphatic heterocycles. The topological polar surface area (TPSA) is 55.1 Å². The first-order chi connectivity index (χ1) is 7.72. The van der Waals surface area contributed by atoms with Crippen molar-refractivity contribution in [3.8, 4) is 0 Å². The molecule has 0 saturated heterocycles. The summed E-state index contributed by atoms with van der Waals surface area (Å²) in [4.78, 5) is 11.9. The second-order valence-electron chi connectivity index (χ2n) is 3.76. The van der Waals surface area contributed by atoms with Crippen molar-refractivity contribution >= 4 is 27.3 Å². The summed E-state index contributed by atoms with van der Waals surface area (Å²) in [6.45, 7) is 2.35. The highest BCUT2D eigenvalue weighted by atomic mass is 32.1. The third-order valence-electron chi connectivity index (χ3n) is 2.46. The number of fused-ring (bicyclic) bond motifs is 1. The van der Waals surface area contributed by atoms with E-state index in [0.717, 1.165) is 15.6 Å². The number of carbonyl (C=O) groups excluding carboxylic acids is 1. The van der Waals surface area contributed by atoms with Gasteiger partial charge >= 0.3 is 0 Å². The molecule has 3 nitrogen and oxygen atoms in total. The average molecular weight is 234 g/mol. The fraction of sp³-hybridized carbons (Fsp3) is 0.250. The Hall–Kier alpha value is -1.39. The molecule has 1 amide bonds. The molecule has 3 N–H and O–H groups in total. The van der Waals surface area contributed by atoms with Crippen LogP contribution in [0.25, 0.3) is 10.1 Å². The molecule has 0 saturated carbocycles. The lowest BCUT2D eigenvalue weighted by atomic mass is 10.1. The maximum Gasteiger partial charge on any atom is 0.253 e. The highest BCUT2D eigenvalue weighted by Gasteiger charge is 2.13. The first-order valence-electron chi connectivity index (χ1n) is 5.19. The zero-order valence-electron chi connectivity index (χ0n) is 9.07. The van der Waals surface area contributed by atoms with Crippen LogP contribution in [0.15, 0.2) is 29.6 Å². The molecule has 0 aliphatic carbocycles. The number of nitrogens with two attached hydrogens (primary N) is 1. The third kappa shape index (κ3) is 2.08. The lowest BCUT2D eigenvalue weighted by Crippen LogP contribution is -2.37. The number of benzene rings is 1. The van der Waals surface area contributed by atoms with E-state index in [1.54, 1.807) is 11.3 Å². The Balaban J connectivity index is 2.30. The Morgan fingerprint density at radius 2 is 2.25 bits per heavy atom. The molecule has 1 heterocycles. The van der Waals surface area contributed by atoms with E-state index in [2.05, 4.69) is 5.32 Å². The van der Waals surface area contributed by atoms with Gasteiger partial charge in [0, 0.05) is 28.1 Å². The van der Waals surface area contributed by atoms with Crippen molar-refractivity contribution in [1.29, 1.82) is 0 Å². The van der Waals surface area contributed by atoms with Crippen molar-refractivity contribution in [2.75, 3.05) is 6.54 Å². The quantitative estimate of drug-likeness (QED) is 0.853. The van der Waals surface area contributed by atoms with Gasteiger partial charge in [-0.1, -0.05) is 18.2 Å². The summed E-state index contributed by atoms with van der Waals surface area (Å²) < 4.78 is 1.13. The van der Waals surface area contributed by atoms with Crippen molar-refractivity contribution in [3.63, 3.8) is 0 Å². The number of nitrogens with one attached hydrogen (secondary N) is 1. The molecule has 1 aromatic carbocycles. The van der Waals surface area contributed by atoms with Crippen LogP contribution in [0.4, 0.5) is 0 Å². The minimum atomic E-state index is -0.0459. The van der Waals surface area contributed by atoms with Gasteiger partial charge in [0.2, 0.25) is 0 Å². The Bertz CT molecular complexity index is 506. The van der Waals surface area contributed by atoms with Crippen LogP contribution in [-0.2, 0) is 0 Å². The molecule has 0 radical (unpaired) electrons. The summed E-state index contributed by atoms with van der Waals surface area (Å²) in [5.74, 6) is -0.0459. The Morgan fingerprint density at radius 1 is 1.50 bits per heavy atom. The van der Waals surface area contributed by atoms with Crippen LogP contribution in [0.2, 0.25) is 0 Å². The molecule has 0 bridgehead atoms. The van der Waals surface area contributed by atoms with Gasteiger partial charge in [0.25, 0.3) is 5.91 Å². The fourth-order valence-electron chi connectivity index (χ4n) is 1.51. The van der Waals surface area contributed by atoms with Crippen molar-refractivity contribution in [2.45, 2.75) is 13.0 Å². The molecule has 2 rings (SSSR count). The fourth-order valence-corrected chi connectivity index (χ4v) is 2.46. The third-order valence-corrected chi connectivity index (χ3v) is 3.42. The zero-order valence-corrected chi connectivity index (χ0v) is 9.88. The molecule has 0 spiro atoms. The van der Waals surface area contributed by atoms with E-state index in [-0.39, 0.29) is 11.9 Å². The number of amides is 1. The van der Waals surface area contributed by atoms with Crippen LogP contribution in [0.5, 0.6) is 0 Å². The number of hydrogen-bond donors (Lipinski definition) is 2. The number of thiophene rings is 1. The molecular formula is C12H14N2OS. The van der Waals surface area contributed by atoms with Gasteiger partial charge in [0.1, 0.15) is 0 Å². The van der Waals surface area contributed by atoms with Crippen molar-refractivity contribution < 1.29 is 4.79 Å². The molecule has 0 unspecified atom stereocenters. The molecule has 1 atom stereocenters. The lowest BCUT2D eigenvalue weighted by molar-refractivity contribution is 0.0943. The summed E-state index contributed by atoms with van der Waals surface area (Å²) in [7, 11) is 0. The van der Waals surface area contributed by atoms with E-state index in [1.807, 2.05) is 36.6 Å². The molecule has 16 heavy (non-hydrogen) atoms. The summed E-state index contributed by atoms with van der Waals surface area (Å²) in [6.07, 6.45) is 0. The Kier molecular flexibility index (Phi) is 3.22. The van der Waals surface area contributed by atoms with Crippen LogP contribution in [0.1, 0.15) is 17.3 Å². The van der Waals surface area contributed by atoms with Crippen LogP contribution >= 0.6 is 11.3 Å². The monoisotopic (exact) mass is 234 g/mol. The summed E-state index contributed by atoms with van der Waals surface area (Å²) in [6, 6.07) is 7.91. The molecule has 2 aromatic rings.